The van der Waals surface area contributed by atoms with Crippen molar-refractivity contribution in [1.82, 2.24) is 9.80 Å². The van der Waals surface area contributed by atoms with E-state index in [0.29, 0.717) is 48.4 Å². The average molecular weight is 572 g/mol. The van der Waals surface area contributed by atoms with Crippen molar-refractivity contribution in [2.75, 3.05) is 38.1 Å². The SMILES string of the molecule is O=C(O)c1ccc(OCC2CCN(C(=O)Oc3ccc(NC(=O)c4ccc(CN5CCCCC5)cc4)cc3)CC2)cc1. The number of nitrogens with one attached hydrogen (secondary N) is 1. The maximum absolute atomic E-state index is 12.7. The van der Waals surface area contributed by atoms with Crippen molar-refractivity contribution in [2.45, 2.75) is 38.6 Å². The molecular weight excluding hydrogens is 534 g/mol. The summed E-state index contributed by atoms with van der Waals surface area (Å²) in [4.78, 5) is 40.5. The van der Waals surface area contributed by atoms with Crippen LogP contribution in [-0.4, -0.2) is 65.7 Å². The molecule has 2 aliphatic heterocycles. The molecule has 0 unspecified atom stereocenters. The summed E-state index contributed by atoms with van der Waals surface area (Å²) in [5.74, 6) is 0.177. The second kappa shape index (κ2) is 14.0. The maximum Gasteiger partial charge on any atom is 0.415 e. The maximum atomic E-state index is 12.7. The Balaban J connectivity index is 1.03. The lowest BCUT2D eigenvalue weighted by Crippen LogP contribution is -2.41. The number of carbonyl (C=O) groups is 3. The molecule has 0 aromatic heterocycles. The third kappa shape index (κ3) is 8.10. The van der Waals surface area contributed by atoms with Gasteiger partial charge in [-0.3, -0.25) is 9.69 Å². The van der Waals surface area contributed by atoms with Crippen molar-refractivity contribution >= 4 is 23.7 Å². The predicted octanol–water partition coefficient (Wildman–Crippen LogP) is 5.91. The summed E-state index contributed by atoms with van der Waals surface area (Å²) < 4.78 is 11.4. The first-order valence-corrected chi connectivity index (χ1v) is 14.6. The van der Waals surface area contributed by atoms with Crippen molar-refractivity contribution in [3.05, 3.63) is 89.5 Å². The van der Waals surface area contributed by atoms with Crippen LogP contribution in [0.2, 0.25) is 0 Å². The molecule has 5 rings (SSSR count). The van der Waals surface area contributed by atoms with Gasteiger partial charge in [0.25, 0.3) is 5.91 Å². The number of piperidine rings is 2. The summed E-state index contributed by atoms with van der Waals surface area (Å²) in [6.07, 6.45) is 4.99. The first kappa shape index (κ1) is 29.1. The Morgan fingerprint density at radius 1 is 0.762 bits per heavy atom. The number of carboxylic acids is 1. The largest absolute Gasteiger partial charge is 0.493 e. The standard InChI is InChI=1S/C33H37N3O6/c37-31(26-6-4-24(5-7-26)22-35-18-2-1-3-19-35)34-28-10-14-30(15-11-28)42-33(40)36-20-16-25(17-21-36)23-41-29-12-8-27(9-13-29)32(38)39/h4-15,25H,1-3,16-23H2,(H,34,37)(H,38,39). The lowest BCUT2D eigenvalue weighted by molar-refractivity contribution is 0.0696. The molecule has 0 bridgehead atoms. The molecule has 0 radical (unpaired) electrons. The molecule has 0 aliphatic carbocycles. The van der Waals surface area contributed by atoms with Crippen molar-refractivity contribution in [3.8, 4) is 11.5 Å². The molecule has 42 heavy (non-hydrogen) atoms. The zero-order valence-electron chi connectivity index (χ0n) is 23.7. The van der Waals surface area contributed by atoms with E-state index in [1.807, 2.05) is 24.3 Å². The van der Waals surface area contributed by atoms with E-state index in [0.717, 1.165) is 32.5 Å². The fraction of sp³-hybridized carbons (Fsp3) is 0.364. The topological polar surface area (TPSA) is 108 Å². The van der Waals surface area contributed by atoms with Crippen molar-refractivity contribution < 1.29 is 29.0 Å². The van der Waals surface area contributed by atoms with Crippen LogP contribution in [0.4, 0.5) is 10.5 Å². The number of carboxylic acid groups (broad SMARTS) is 1. The number of likely N-dealkylation sites (tertiary alicyclic amines) is 2. The van der Waals surface area contributed by atoms with Crippen LogP contribution in [0.3, 0.4) is 0 Å². The minimum absolute atomic E-state index is 0.187. The number of rotatable bonds is 9. The molecule has 0 atom stereocenters. The van der Waals surface area contributed by atoms with Crippen LogP contribution in [0.5, 0.6) is 11.5 Å². The van der Waals surface area contributed by atoms with Gasteiger partial charge >= 0.3 is 12.1 Å². The van der Waals surface area contributed by atoms with E-state index < -0.39 is 12.1 Å². The summed E-state index contributed by atoms with van der Waals surface area (Å²) in [5, 5.41) is 11.9. The first-order chi connectivity index (χ1) is 20.4. The predicted molar refractivity (Wildman–Crippen MR) is 159 cm³/mol. The third-order valence-corrected chi connectivity index (χ3v) is 7.85. The Labute approximate surface area is 246 Å². The molecule has 220 valence electrons. The van der Waals surface area contributed by atoms with Crippen molar-refractivity contribution in [3.63, 3.8) is 0 Å². The lowest BCUT2D eigenvalue weighted by Gasteiger charge is -2.31. The highest BCUT2D eigenvalue weighted by Gasteiger charge is 2.25. The molecule has 9 heteroatoms. The number of ether oxygens (including phenoxy) is 2. The molecule has 2 amide bonds. The Kier molecular flexibility index (Phi) is 9.71. The Morgan fingerprint density at radius 3 is 2.02 bits per heavy atom. The summed E-state index contributed by atoms with van der Waals surface area (Å²) in [7, 11) is 0. The van der Waals surface area contributed by atoms with Gasteiger partial charge in [0.2, 0.25) is 0 Å². The van der Waals surface area contributed by atoms with E-state index >= 15 is 0 Å². The number of anilines is 1. The van der Waals surface area contributed by atoms with E-state index in [-0.39, 0.29) is 11.5 Å². The molecule has 3 aromatic rings. The van der Waals surface area contributed by atoms with Crippen LogP contribution < -0.4 is 14.8 Å². The summed E-state index contributed by atoms with van der Waals surface area (Å²) in [6.45, 7) is 4.83. The van der Waals surface area contributed by atoms with Gasteiger partial charge in [0.1, 0.15) is 11.5 Å². The minimum atomic E-state index is -0.969. The summed E-state index contributed by atoms with van der Waals surface area (Å²) in [5.41, 5.74) is 2.65. The lowest BCUT2D eigenvalue weighted by atomic mass is 9.98. The van der Waals surface area contributed by atoms with Gasteiger partial charge in [0.05, 0.1) is 12.2 Å². The van der Waals surface area contributed by atoms with Crippen LogP contribution in [-0.2, 0) is 6.54 Å². The summed E-state index contributed by atoms with van der Waals surface area (Å²) >= 11 is 0. The van der Waals surface area contributed by atoms with E-state index in [1.54, 1.807) is 41.3 Å². The van der Waals surface area contributed by atoms with Crippen LogP contribution in [0, 0.1) is 5.92 Å². The number of amides is 2. The average Bonchev–Trinajstić information content (AvgIpc) is 3.02. The van der Waals surface area contributed by atoms with Gasteiger partial charge in [-0.2, -0.15) is 0 Å². The fourth-order valence-corrected chi connectivity index (χ4v) is 5.30. The second-order valence-electron chi connectivity index (χ2n) is 11.0. The Hall–Kier alpha value is -4.37. The van der Waals surface area contributed by atoms with Crippen LogP contribution >= 0.6 is 0 Å². The minimum Gasteiger partial charge on any atom is -0.493 e. The van der Waals surface area contributed by atoms with Gasteiger partial charge < -0.3 is 24.8 Å². The highest BCUT2D eigenvalue weighted by Crippen LogP contribution is 2.23. The van der Waals surface area contributed by atoms with Gasteiger partial charge in [-0.25, -0.2) is 9.59 Å². The molecule has 2 N–H and O–H groups in total. The van der Waals surface area contributed by atoms with Gasteiger partial charge in [0.15, 0.2) is 0 Å². The molecule has 2 aliphatic rings. The zero-order valence-corrected chi connectivity index (χ0v) is 23.7. The molecule has 2 saturated heterocycles. The van der Waals surface area contributed by atoms with Crippen LogP contribution in [0.1, 0.15) is 58.4 Å². The first-order valence-electron chi connectivity index (χ1n) is 14.6. The van der Waals surface area contributed by atoms with Gasteiger partial charge in [-0.15, -0.1) is 0 Å². The van der Waals surface area contributed by atoms with Gasteiger partial charge in [-0.05, 0) is 111 Å². The van der Waals surface area contributed by atoms with Crippen LogP contribution in [0.25, 0.3) is 0 Å². The van der Waals surface area contributed by atoms with E-state index in [9.17, 15) is 14.4 Å². The normalized spacial score (nSPS) is 16.0. The van der Waals surface area contributed by atoms with E-state index in [2.05, 4.69) is 10.2 Å². The number of aromatic carboxylic acids is 1. The smallest absolute Gasteiger partial charge is 0.415 e. The highest BCUT2D eigenvalue weighted by molar-refractivity contribution is 6.04. The molecule has 2 heterocycles. The van der Waals surface area contributed by atoms with Gasteiger partial charge in [-0.1, -0.05) is 18.6 Å². The number of hydrogen-bond donors (Lipinski definition) is 2. The number of nitrogens with zero attached hydrogens (tertiary/aromatic N) is 2. The molecule has 0 saturated carbocycles. The zero-order chi connectivity index (χ0) is 29.3. The Bertz CT molecular complexity index is 1340. The molecule has 2 fully saturated rings. The molecule has 0 spiro atoms. The number of carbonyl (C=O) groups excluding carboxylic acids is 2. The number of benzene rings is 3. The van der Waals surface area contributed by atoms with Crippen LogP contribution in [0.15, 0.2) is 72.8 Å². The fourth-order valence-electron chi connectivity index (χ4n) is 5.30. The monoisotopic (exact) mass is 571 g/mol. The molecule has 3 aromatic carbocycles. The number of hydrogen-bond acceptors (Lipinski definition) is 6. The quantitative estimate of drug-likeness (QED) is 0.329. The summed E-state index contributed by atoms with van der Waals surface area (Å²) in [6, 6.07) is 20.9. The van der Waals surface area contributed by atoms with E-state index in [1.165, 1.54) is 37.0 Å². The Morgan fingerprint density at radius 2 is 1.38 bits per heavy atom. The second-order valence-corrected chi connectivity index (χ2v) is 11.0. The third-order valence-electron chi connectivity index (χ3n) is 7.85. The van der Waals surface area contributed by atoms with Gasteiger partial charge in [0, 0.05) is 30.9 Å². The van der Waals surface area contributed by atoms with Crippen molar-refractivity contribution in [1.29, 1.82) is 0 Å². The van der Waals surface area contributed by atoms with E-state index in [4.69, 9.17) is 14.6 Å². The van der Waals surface area contributed by atoms with Crippen molar-refractivity contribution in [2.24, 2.45) is 5.92 Å². The molecule has 9 nitrogen and oxygen atoms in total. The highest BCUT2D eigenvalue weighted by atomic mass is 16.6. The molecular formula is C33H37N3O6.